The molecule has 1 N–H and O–H groups in total. The molecule has 25 heavy (non-hydrogen) atoms. The fraction of sp³-hybridized carbons (Fsp3) is 0.125. The van der Waals surface area contributed by atoms with Crippen molar-refractivity contribution < 1.29 is 18.4 Å². The van der Waals surface area contributed by atoms with Crippen molar-refractivity contribution in [3.05, 3.63) is 46.7 Å². The van der Waals surface area contributed by atoms with Crippen LogP contribution >= 0.6 is 23.4 Å². The number of thioether (sulfide) groups is 1. The van der Waals surface area contributed by atoms with E-state index in [1.807, 2.05) is 0 Å². The molecule has 1 amide bonds. The molecule has 4 rings (SSSR count). The van der Waals surface area contributed by atoms with Gasteiger partial charge >= 0.3 is 0 Å². The summed E-state index contributed by atoms with van der Waals surface area (Å²) in [6, 6.07) is 6.67. The van der Waals surface area contributed by atoms with Gasteiger partial charge in [0, 0.05) is 11.3 Å². The molecule has 0 fully saturated rings. The summed E-state index contributed by atoms with van der Waals surface area (Å²) in [6.45, 7) is 0. The van der Waals surface area contributed by atoms with Crippen LogP contribution in [0.25, 0.3) is 11.7 Å². The standard InChI is InChI=1S/C16H10ClN3O4S/c17-10-6-11-8(5-14(22)18-11)4-9(10)12(21)7-25-16-20-19-15(24-16)13-2-1-3-23-13/h1-4,6H,5,7H2,(H,18,22). The Morgan fingerprint density at radius 1 is 1.36 bits per heavy atom. The number of rotatable bonds is 5. The van der Waals surface area contributed by atoms with E-state index in [-0.39, 0.29) is 35.0 Å². The normalized spacial score (nSPS) is 12.9. The van der Waals surface area contributed by atoms with Gasteiger partial charge in [0.1, 0.15) is 0 Å². The molecule has 0 unspecified atom stereocenters. The largest absolute Gasteiger partial charge is 0.459 e. The van der Waals surface area contributed by atoms with Crippen LogP contribution in [0.3, 0.4) is 0 Å². The van der Waals surface area contributed by atoms with E-state index in [0.29, 0.717) is 22.0 Å². The number of carbonyl (C=O) groups is 2. The third-order valence-corrected chi connectivity index (χ3v) is 4.71. The van der Waals surface area contributed by atoms with Gasteiger partial charge in [-0.25, -0.2) is 0 Å². The number of nitrogens with one attached hydrogen (secondary N) is 1. The first kappa shape index (κ1) is 15.9. The molecular weight excluding hydrogens is 366 g/mol. The zero-order valence-corrected chi connectivity index (χ0v) is 14.2. The van der Waals surface area contributed by atoms with Gasteiger partial charge in [0.05, 0.1) is 23.5 Å². The summed E-state index contributed by atoms with van der Waals surface area (Å²) >= 11 is 7.27. The number of hydrogen-bond donors (Lipinski definition) is 1. The zero-order chi connectivity index (χ0) is 17.4. The van der Waals surface area contributed by atoms with E-state index in [4.69, 9.17) is 20.4 Å². The van der Waals surface area contributed by atoms with Gasteiger partial charge in [-0.1, -0.05) is 23.4 Å². The number of carbonyl (C=O) groups excluding carboxylic acids is 2. The monoisotopic (exact) mass is 375 g/mol. The number of fused-ring (bicyclic) bond motifs is 1. The number of hydrogen-bond acceptors (Lipinski definition) is 7. The van der Waals surface area contributed by atoms with Crippen molar-refractivity contribution in [3.8, 4) is 11.7 Å². The molecule has 126 valence electrons. The van der Waals surface area contributed by atoms with Crippen molar-refractivity contribution >= 4 is 40.7 Å². The van der Waals surface area contributed by atoms with Crippen molar-refractivity contribution in [2.45, 2.75) is 11.6 Å². The lowest BCUT2D eigenvalue weighted by molar-refractivity contribution is -0.115. The van der Waals surface area contributed by atoms with E-state index in [1.165, 1.54) is 6.26 Å². The first-order valence-electron chi connectivity index (χ1n) is 7.26. The zero-order valence-electron chi connectivity index (χ0n) is 12.6. The van der Waals surface area contributed by atoms with Crippen LogP contribution in [0.2, 0.25) is 5.02 Å². The van der Waals surface area contributed by atoms with Gasteiger partial charge in [0.25, 0.3) is 11.1 Å². The number of benzene rings is 1. The molecule has 1 aliphatic rings. The van der Waals surface area contributed by atoms with Gasteiger partial charge < -0.3 is 14.2 Å². The number of ketones is 1. The van der Waals surface area contributed by atoms with E-state index >= 15 is 0 Å². The van der Waals surface area contributed by atoms with Crippen LogP contribution in [0.15, 0.2) is 44.6 Å². The molecule has 0 spiro atoms. The third kappa shape index (κ3) is 3.18. The SMILES string of the molecule is O=C1Cc2cc(C(=O)CSc3nnc(-c4ccco4)o3)c(Cl)cc2N1. The predicted molar refractivity (Wildman–Crippen MR) is 90.8 cm³/mol. The van der Waals surface area contributed by atoms with Crippen molar-refractivity contribution in [1.82, 2.24) is 10.2 Å². The van der Waals surface area contributed by atoms with Crippen molar-refractivity contribution in [2.24, 2.45) is 0 Å². The van der Waals surface area contributed by atoms with Crippen LogP contribution in [0, 0.1) is 0 Å². The smallest absolute Gasteiger partial charge is 0.284 e. The molecule has 3 aromatic rings. The van der Waals surface area contributed by atoms with Crippen molar-refractivity contribution in [2.75, 3.05) is 11.1 Å². The average Bonchev–Trinajstić information content (AvgIpc) is 3.31. The topological polar surface area (TPSA) is 98.2 Å². The Hall–Kier alpha value is -2.58. The Bertz CT molecular complexity index is 968. The molecular formula is C16H10ClN3O4S. The van der Waals surface area contributed by atoms with Gasteiger partial charge in [-0.05, 0) is 29.8 Å². The first-order valence-corrected chi connectivity index (χ1v) is 8.62. The summed E-state index contributed by atoms with van der Waals surface area (Å²) in [6.07, 6.45) is 1.75. The summed E-state index contributed by atoms with van der Waals surface area (Å²) < 4.78 is 10.6. The van der Waals surface area contributed by atoms with Gasteiger partial charge in [-0.2, -0.15) is 0 Å². The molecule has 0 radical (unpaired) electrons. The summed E-state index contributed by atoms with van der Waals surface area (Å²) in [7, 11) is 0. The molecule has 2 aromatic heterocycles. The Labute approximate surface area is 150 Å². The van der Waals surface area contributed by atoms with E-state index in [2.05, 4.69) is 15.5 Å². The third-order valence-electron chi connectivity index (χ3n) is 3.58. The number of furan rings is 1. The Balaban J connectivity index is 1.46. The lowest BCUT2D eigenvalue weighted by atomic mass is 10.1. The van der Waals surface area contributed by atoms with Crippen molar-refractivity contribution in [3.63, 3.8) is 0 Å². The minimum Gasteiger partial charge on any atom is -0.459 e. The Morgan fingerprint density at radius 2 is 2.24 bits per heavy atom. The van der Waals surface area contributed by atoms with E-state index in [1.54, 1.807) is 24.3 Å². The van der Waals surface area contributed by atoms with Gasteiger partial charge in [-0.15, -0.1) is 10.2 Å². The molecule has 1 aliphatic heterocycles. The molecule has 0 saturated carbocycles. The highest BCUT2D eigenvalue weighted by molar-refractivity contribution is 7.99. The highest BCUT2D eigenvalue weighted by Crippen LogP contribution is 2.31. The maximum Gasteiger partial charge on any atom is 0.284 e. The molecule has 7 nitrogen and oxygen atoms in total. The van der Waals surface area contributed by atoms with Gasteiger partial charge in [0.2, 0.25) is 5.91 Å². The van der Waals surface area contributed by atoms with Gasteiger partial charge in [-0.3, -0.25) is 9.59 Å². The van der Waals surface area contributed by atoms with Crippen LogP contribution in [0.5, 0.6) is 0 Å². The predicted octanol–water partition coefficient (Wildman–Crippen LogP) is 3.45. The summed E-state index contributed by atoms with van der Waals surface area (Å²) in [4.78, 5) is 23.9. The number of nitrogens with zero attached hydrogens (tertiary/aromatic N) is 2. The second-order valence-corrected chi connectivity index (χ2v) is 6.61. The van der Waals surface area contributed by atoms with E-state index in [0.717, 1.165) is 17.3 Å². The molecule has 0 aliphatic carbocycles. The fourth-order valence-corrected chi connectivity index (χ4v) is 3.35. The summed E-state index contributed by atoms with van der Waals surface area (Å²) in [5.41, 5.74) is 1.79. The second-order valence-electron chi connectivity index (χ2n) is 5.28. The molecule has 0 atom stereocenters. The highest BCUT2D eigenvalue weighted by atomic mass is 35.5. The molecule has 9 heteroatoms. The van der Waals surface area contributed by atoms with Crippen LogP contribution < -0.4 is 5.32 Å². The second kappa shape index (κ2) is 6.38. The average molecular weight is 376 g/mol. The van der Waals surface area contributed by atoms with E-state index in [9.17, 15) is 9.59 Å². The minimum atomic E-state index is -0.185. The summed E-state index contributed by atoms with van der Waals surface area (Å²) in [5.74, 6) is 0.500. The maximum absolute atomic E-state index is 12.4. The molecule has 0 saturated heterocycles. The maximum atomic E-state index is 12.4. The van der Waals surface area contributed by atoms with Crippen LogP contribution in [0.4, 0.5) is 5.69 Å². The minimum absolute atomic E-state index is 0.0830. The Morgan fingerprint density at radius 3 is 3.04 bits per heavy atom. The van der Waals surface area contributed by atoms with Crippen molar-refractivity contribution in [1.29, 1.82) is 0 Å². The van der Waals surface area contributed by atoms with Crippen LogP contribution in [-0.2, 0) is 11.2 Å². The molecule has 1 aromatic carbocycles. The lowest BCUT2D eigenvalue weighted by Crippen LogP contribution is -2.04. The van der Waals surface area contributed by atoms with Gasteiger partial charge in [0.15, 0.2) is 11.5 Å². The number of amides is 1. The fourth-order valence-electron chi connectivity index (χ4n) is 2.43. The number of anilines is 1. The van der Waals surface area contributed by atoms with Crippen LogP contribution in [-0.4, -0.2) is 27.6 Å². The van der Waals surface area contributed by atoms with Crippen LogP contribution in [0.1, 0.15) is 15.9 Å². The first-order chi connectivity index (χ1) is 12.1. The molecule has 3 heterocycles. The summed E-state index contributed by atoms with van der Waals surface area (Å²) in [5, 5.41) is 11.0. The number of halogens is 1. The lowest BCUT2D eigenvalue weighted by Gasteiger charge is -2.06. The highest BCUT2D eigenvalue weighted by Gasteiger charge is 2.22. The quantitative estimate of drug-likeness (QED) is 0.538. The Kier molecular flexibility index (Phi) is 4.06. The molecule has 0 bridgehead atoms. The van der Waals surface area contributed by atoms with E-state index < -0.39 is 0 Å². The number of aromatic nitrogens is 2. The number of Topliss-reactive ketones (excluding diaryl/α,β-unsaturated/α-hetero) is 1.